The van der Waals surface area contributed by atoms with Crippen molar-refractivity contribution in [2.75, 3.05) is 18.4 Å². The van der Waals surface area contributed by atoms with Gasteiger partial charge in [0.2, 0.25) is 5.60 Å². The number of pyridine rings is 1. The quantitative estimate of drug-likeness (QED) is 0.554. The van der Waals surface area contributed by atoms with E-state index in [1.165, 1.54) is 10.6 Å². The van der Waals surface area contributed by atoms with Gasteiger partial charge in [-0.15, -0.1) is 0 Å². The maximum Gasteiger partial charge on any atom is 0.422 e. The standard InChI is InChI=1S/C18H17F5N6O/c1-17(30,18(21,22)23)14-8-29-13(6-26-16(29)7-25-14)11-2-9(19)3-15(27-11)28-12-5-24-4-10(12)20/h2-3,6-8,10,12,24,30H,4-5H2,1H3,(H,27,28)/t10-,12-,17?/m0/s1. The van der Waals surface area contributed by atoms with Crippen molar-refractivity contribution in [1.29, 1.82) is 0 Å². The molecule has 1 fully saturated rings. The molecule has 0 bridgehead atoms. The number of alkyl halides is 4. The Morgan fingerprint density at radius 1 is 1.20 bits per heavy atom. The number of nitrogens with one attached hydrogen (secondary N) is 2. The summed E-state index contributed by atoms with van der Waals surface area (Å²) in [6.07, 6.45) is -2.80. The van der Waals surface area contributed by atoms with E-state index in [0.29, 0.717) is 13.5 Å². The van der Waals surface area contributed by atoms with Crippen molar-refractivity contribution < 1.29 is 27.1 Å². The van der Waals surface area contributed by atoms with Gasteiger partial charge in [0.1, 0.15) is 17.8 Å². The van der Waals surface area contributed by atoms with Crippen molar-refractivity contribution >= 4 is 11.5 Å². The molecule has 0 radical (unpaired) electrons. The van der Waals surface area contributed by atoms with Crippen LogP contribution in [0.25, 0.3) is 17.0 Å². The molecule has 3 N–H and O–H groups in total. The molecular weight excluding hydrogens is 411 g/mol. The van der Waals surface area contributed by atoms with Gasteiger partial charge in [0.25, 0.3) is 0 Å². The van der Waals surface area contributed by atoms with Crippen LogP contribution < -0.4 is 10.6 Å². The summed E-state index contributed by atoms with van der Waals surface area (Å²) in [7, 11) is 0. The summed E-state index contributed by atoms with van der Waals surface area (Å²) in [6, 6.07) is 1.59. The topological polar surface area (TPSA) is 87.4 Å². The molecule has 12 heteroatoms. The third-order valence-electron chi connectivity index (χ3n) is 4.97. The van der Waals surface area contributed by atoms with Crippen LogP contribution in [-0.2, 0) is 5.60 Å². The maximum atomic E-state index is 14.2. The molecule has 0 saturated carbocycles. The summed E-state index contributed by atoms with van der Waals surface area (Å²) in [5, 5.41) is 15.6. The van der Waals surface area contributed by atoms with E-state index in [0.717, 1.165) is 24.5 Å². The fourth-order valence-electron chi connectivity index (χ4n) is 3.16. The minimum absolute atomic E-state index is 0.0650. The second-order valence-corrected chi connectivity index (χ2v) is 7.20. The smallest absolute Gasteiger partial charge is 0.375 e. The fraction of sp³-hybridized carbons (Fsp3) is 0.389. The Balaban J connectivity index is 1.75. The summed E-state index contributed by atoms with van der Waals surface area (Å²) < 4.78 is 68.8. The molecule has 7 nitrogen and oxygen atoms in total. The Labute approximate surface area is 167 Å². The molecule has 160 valence electrons. The Kier molecular flexibility index (Phi) is 4.85. The lowest BCUT2D eigenvalue weighted by Crippen LogP contribution is -2.40. The molecule has 1 aliphatic heterocycles. The van der Waals surface area contributed by atoms with Crippen molar-refractivity contribution in [2.24, 2.45) is 0 Å². The Morgan fingerprint density at radius 3 is 2.63 bits per heavy atom. The van der Waals surface area contributed by atoms with Crippen LogP contribution in [0.15, 0.2) is 30.7 Å². The number of rotatable bonds is 4. The number of fused-ring (bicyclic) bond motifs is 1. The Bertz CT molecular complexity index is 1080. The fourth-order valence-corrected chi connectivity index (χ4v) is 3.16. The van der Waals surface area contributed by atoms with Gasteiger partial charge in [-0.3, -0.25) is 9.38 Å². The first-order chi connectivity index (χ1) is 14.1. The minimum Gasteiger partial charge on any atom is -0.375 e. The second-order valence-electron chi connectivity index (χ2n) is 7.20. The number of imidazole rings is 1. The zero-order valence-electron chi connectivity index (χ0n) is 15.6. The molecule has 0 amide bonds. The van der Waals surface area contributed by atoms with Crippen molar-refractivity contribution in [2.45, 2.75) is 30.9 Å². The highest BCUT2D eigenvalue weighted by molar-refractivity contribution is 5.62. The third-order valence-corrected chi connectivity index (χ3v) is 4.97. The highest BCUT2D eigenvalue weighted by Gasteiger charge is 2.52. The first kappa shape index (κ1) is 20.4. The zero-order valence-corrected chi connectivity index (χ0v) is 15.6. The lowest BCUT2D eigenvalue weighted by molar-refractivity contribution is -0.260. The van der Waals surface area contributed by atoms with E-state index < -0.39 is 35.5 Å². The SMILES string of the molecule is CC(O)(c1cn2c(-c3cc(F)cc(N[C@H]4CNC[C@@H]4F)n3)cnc2cn1)C(F)(F)F. The average Bonchev–Trinajstić information content (AvgIpc) is 3.26. The Hall–Kier alpha value is -2.86. The van der Waals surface area contributed by atoms with Crippen LogP contribution in [0.2, 0.25) is 0 Å². The molecule has 1 aliphatic rings. The molecule has 0 spiro atoms. The van der Waals surface area contributed by atoms with Gasteiger partial charge in [-0.1, -0.05) is 0 Å². The van der Waals surface area contributed by atoms with Crippen molar-refractivity contribution in [3.05, 3.63) is 42.2 Å². The van der Waals surface area contributed by atoms with Crippen molar-refractivity contribution in [1.82, 2.24) is 24.7 Å². The molecule has 30 heavy (non-hydrogen) atoms. The van der Waals surface area contributed by atoms with Crippen LogP contribution in [0.5, 0.6) is 0 Å². The highest BCUT2D eigenvalue weighted by atomic mass is 19.4. The van der Waals surface area contributed by atoms with Gasteiger partial charge in [-0.25, -0.2) is 18.7 Å². The minimum atomic E-state index is -4.96. The Morgan fingerprint density at radius 2 is 1.97 bits per heavy atom. The molecule has 4 heterocycles. The predicted octanol–water partition coefficient (Wildman–Crippen LogP) is 2.42. The first-order valence-electron chi connectivity index (χ1n) is 8.98. The number of nitrogens with zero attached hydrogens (tertiary/aromatic N) is 4. The average molecular weight is 428 g/mol. The highest BCUT2D eigenvalue weighted by Crippen LogP contribution is 2.37. The second kappa shape index (κ2) is 7.13. The van der Waals surface area contributed by atoms with E-state index in [2.05, 4.69) is 25.6 Å². The molecule has 3 aromatic rings. The largest absolute Gasteiger partial charge is 0.422 e. The van der Waals surface area contributed by atoms with Gasteiger partial charge in [-0.2, -0.15) is 13.2 Å². The monoisotopic (exact) mass is 428 g/mol. The van der Waals surface area contributed by atoms with Crippen LogP contribution >= 0.6 is 0 Å². The lowest BCUT2D eigenvalue weighted by Gasteiger charge is -2.25. The van der Waals surface area contributed by atoms with E-state index in [1.807, 2.05) is 0 Å². The van der Waals surface area contributed by atoms with Crippen LogP contribution in [0.1, 0.15) is 12.6 Å². The molecule has 1 saturated heterocycles. The first-order valence-corrected chi connectivity index (χ1v) is 8.98. The van der Waals surface area contributed by atoms with Gasteiger partial charge in [-0.05, 0) is 6.92 Å². The molecule has 3 atom stereocenters. The third kappa shape index (κ3) is 3.56. The van der Waals surface area contributed by atoms with Gasteiger partial charge >= 0.3 is 6.18 Å². The molecule has 1 unspecified atom stereocenters. The molecule has 3 aromatic heterocycles. The van der Waals surface area contributed by atoms with E-state index in [4.69, 9.17) is 0 Å². The number of aliphatic hydroxyl groups is 1. The van der Waals surface area contributed by atoms with E-state index >= 15 is 0 Å². The normalized spacial score (nSPS) is 21.7. The summed E-state index contributed by atoms with van der Waals surface area (Å²) in [5.41, 5.74) is -3.44. The molecule has 0 aliphatic carbocycles. The van der Waals surface area contributed by atoms with E-state index in [1.54, 1.807) is 0 Å². The number of anilines is 1. The summed E-state index contributed by atoms with van der Waals surface area (Å²) in [6.45, 7) is 1.09. The van der Waals surface area contributed by atoms with E-state index in [9.17, 15) is 27.1 Å². The summed E-state index contributed by atoms with van der Waals surface area (Å²) >= 11 is 0. The number of hydrogen-bond donors (Lipinski definition) is 3. The van der Waals surface area contributed by atoms with Crippen LogP contribution in [-0.4, -0.2) is 55.9 Å². The number of halogens is 5. The molecule has 4 rings (SSSR count). The van der Waals surface area contributed by atoms with E-state index in [-0.39, 0.29) is 29.4 Å². The van der Waals surface area contributed by atoms with Gasteiger partial charge in [0, 0.05) is 31.4 Å². The van der Waals surface area contributed by atoms with Crippen molar-refractivity contribution in [3.8, 4) is 11.4 Å². The summed E-state index contributed by atoms with van der Waals surface area (Å²) in [5.74, 6) is -0.594. The predicted molar refractivity (Wildman–Crippen MR) is 97.0 cm³/mol. The maximum absolute atomic E-state index is 14.2. The van der Waals surface area contributed by atoms with Crippen LogP contribution in [0, 0.1) is 5.82 Å². The van der Waals surface area contributed by atoms with Gasteiger partial charge in [0.05, 0.1) is 35.5 Å². The van der Waals surface area contributed by atoms with Crippen LogP contribution in [0.3, 0.4) is 0 Å². The van der Waals surface area contributed by atoms with Crippen molar-refractivity contribution in [3.63, 3.8) is 0 Å². The van der Waals surface area contributed by atoms with Gasteiger partial charge < -0.3 is 15.7 Å². The number of aromatic nitrogens is 4. The lowest BCUT2D eigenvalue weighted by atomic mass is 10.0. The summed E-state index contributed by atoms with van der Waals surface area (Å²) in [4.78, 5) is 11.9. The van der Waals surface area contributed by atoms with Crippen LogP contribution in [0.4, 0.5) is 27.8 Å². The zero-order chi connectivity index (χ0) is 21.7. The molecular formula is C18H17F5N6O. The molecule has 0 aromatic carbocycles. The number of hydrogen-bond acceptors (Lipinski definition) is 6. The van der Waals surface area contributed by atoms with Gasteiger partial charge in [0.15, 0.2) is 5.65 Å².